The molecule has 0 saturated heterocycles. The fourth-order valence-electron chi connectivity index (χ4n) is 2.58. The number of rotatable bonds is 3. The molecule has 0 radical (unpaired) electrons. The van der Waals surface area contributed by atoms with Crippen LogP contribution in [-0.2, 0) is 0 Å². The van der Waals surface area contributed by atoms with Crippen molar-refractivity contribution in [2.45, 2.75) is 34.1 Å². The molecule has 1 heteroatoms. The van der Waals surface area contributed by atoms with Crippen LogP contribution in [0.1, 0.15) is 34.1 Å². The predicted octanol–water partition coefficient (Wildman–Crippen LogP) is 4.77. The summed E-state index contributed by atoms with van der Waals surface area (Å²) in [6.07, 6.45) is 18.5. The first-order valence-corrected chi connectivity index (χ1v) is 7.05. The Labute approximate surface area is 118 Å². The van der Waals surface area contributed by atoms with Gasteiger partial charge in [0.15, 0.2) is 0 Å². The molecule has 1 atom stereocenters. The van der Waals surface area contributed by atoms with Gasteiger partial charge in [0.1, 0.15) is 0 Å². The van der Waals surface area contributed by atoms with Gasteiger partial charge in [0.2, 0.25) is 0 Å². The highest BCUT2D eigenvalue weighted by atomic mass is 14.8. The van der Waals surface area contributed by atoms with Crippen molar-refractivity contribution in [2.75, 3.05) is 7.05 Å². The smallest absolute Gasteiger partial charge is 0.00702 e. The van der Waals surface area contributed by atoms with Gasteiger partial charge < -0.3 is 5.32 Å². The van der Waals surface area contributed by atoms with Crippen LogP contribution in [0.5, 0.6) is 0 Å². The zero-order chi connectivity index (χ0) is 14.3. The van der Waals surface area contributed by atoms with E-state index in [-0.39, 0.29) is 5.41 Å². The Balaban J connectivity index is 3.14. The van der Waals surface area contributed by atoms with Gasteiger partial charge in [-0.15, -0.1) is 0 Å². The van der Waals surface area contributed by atoms with Gasteiger partial charge in [-0.2, -0.15) is 0 Å². The van der Waals surface area contributed by atoms with E-state index < -0.39 is 0 Å². The summed E-state index contributed by atoms with van der Waals surface area (Å²) in [5, 5.41) is 3.06. The van der Waals surface area contributed by atoms with E-state index >= 15 is 0 Å². The molecule has 0 fully saturated rings. The summed E-state index contributed by atoms with van der Waals surface area (Å²) in [5.41, 5.74) is 3.00. The van der Waals surface area contributed by atoms with Crippen molar-refractivity contribution >= 4 is 0 Å². The van der Waals surface area contributed by atoms with E-state index in [1.807, 2.05) is 13.2 Å². The predicted molar refractivity (Wildman–Crippen MR) is 85.9 cm³/mol. The van der Waals surface area contributed by atoms with Gasteiger partial charge in [0, 0.05) is 18.4 Å². The Morgan fingerprint density at radius 2 is 2.00 bits per heavy atom. The molecule has 0 saturated carbocycles. The van der Waals surface area contributed by atoms with Crippen LogP contribution in [-0.4, -0.2) is 7.05 Å². The monoisotopic (exact) mass is 257 g/mol. The topological polar surface area (TPSA) is 12.0 Å². The Kier molecular flexibility index (Phi) is 5.88. The maximum Gasteiger partial charge on any atom is 0.00702 e. The Morgan fingerprint density at radius 3 is 2.63 bits per heavy atom. The summed E-state index contributed by atoms with van der Waals surface area (Å²) in [7, 11) is 1.94. The average Bonchev–Trinajstić information content (AvgIpc) is 2.41. The molecule has 0 aromatic heterocycles. The molecule has 0 aliphatic heterocycles. The van der Waals surface area contributed by atoms with Crippen molar-refractivity contribution in [1.29, 1.82) is 0 Å². The number of allylic oxidation sites excluding steroid dienone is 9. The van der Waals surface area contributed by atoms with Gasteiger partial charge in [-0.1, -0.05) is 67.5 Å². The molecule has 104 valence electrons. The molecule has 1 N–H and O–H groups in total. The highest BCUT2D eigenvalue weighted by molar-refractivity contribution is 5.34. The molecule has 0 bridgehead atoms. The van der Waals surface area contributed by atoms with Crippen molar-refractivity contribution in [3.8, 4) is 0 Å². The fraction of sp³-hybridized carbons (Fsp3) is 0.444. The van der Waals surface area contributed by atoms with Crippen LogP contribution in [0.4, 0.5) is 0 Å². The van der Waals surface area contributed by atoms with Crippen molar-refractivity contribution < 1.29 is 0 Å². The minimum Gasteiger partial charge on any atom is -0.394 e. The number of hydrogen-bond donors (Lipinski definition) is 1. The van der Waals surface area contributed by atoms with Gasteiger partial charge in [-0.05, 0) is 26.5 Å². The van der Waals surface area contributed by atoms with E-state index in [0.29, 0.717) is 5.92 Å². The SMILES string of the molecule is C/C=C1\C(C/C=C/NC)/C=C/C=C\C=C(/C)C1(C)C. The van der Waals surface area contributed by atoms with Crippen LogP contribution in [0.2, 0.25) is 0 Å². The zero-order valence-corrected chi connectivity index (χ0v) is 12.9. The fourth-order valence-corrected chi connectivity index (χ4v) is 2.58. The van der Waals surface area contributed by atoms with Crippen molar-refractivity contribution in [2.24, 2.45) is 11.3 Å². The van der Waals surface area contributed by atoms with Crippen LogP contribution in [0.25, 0.3) is 0 Å². The minimum absolute atomic E-state index is 0.103. The summed E-state index contributed by atoms with van der Waals surface area (Å²) in [5.74, 6) is 0.454. The van der Waals surface area contributed by atoms with Crippen LogP contribution in [0.3, 0.4) is 0 Å². The van der Waals surface area contributed by atoms with E-state index in [0.717, 1.165) is 6.42 Å². The molecule has 1 aliphatic rings. The van der Waals surface area contributed by atoms with E-state index in [2.05, 4.69) is 75.5 Å². The molecule has 1 aliphatic carbocycles. The lowest BCUT2D eigenvalue weighted by Crippen LogP contribution is -2.21. The molecule has 0 aromatic rings. The molecule has 0 aromatic carbocycles. The van der Waals surface area contributed by atoms with E-state index in [4.69, 9.17) is 0 Å². The molecule has 0 spiro atoms. The van der Waals surface area contributed by atoms with Crippen molar-refractivity contribution in [3.63, 3.8) is 0 Å². The Bertz CT molecular complexity index is 431. The quantitative estimate of drug-likeness (QED) is 0.718. The molecular formula is C18H27N. The van der Waals surface area contributed by atoms with Crippen LogP contribution in [0.15, 0.2) is 59.9 Å². The van der Waals surface area contributed by atoms with Crippen molar-refractivity contribution in [3.05, 3.63) is 59.9 Å². The average molecular weight is 257 g/mol. The second-order valence-electron chi connectivity index (χ2n) is 5.52. The summed E-state index contributed by atoms with van der Waals surface area (Å²) < 4.78 is 0. The van der Waals surface area contributed by atoms with Crippen LogP contribution >= 0.6 is 0 Å². The first-order valence-electron chi connectivity index (χ1n) is 7.05. The highest BCUT2D eigenvalue weighted by Gasteiger charge is 2.28. The number of nitrogens with one attached hydrogen (secondary N) is 1. The molecule has 1 unspecified atom stereocenters. The van der Waals surface area contributed by atoms with Gasteiger partial charge in [-0.25, -0.2) is 0 Å². The molecule has 0 amide bonds. The zero-order valence-electron chi connectivity index (χ0n) is 12.9. The molecule has 0 heterocycles. The molecule has 1 rings (SSSR count). The second-order valence-corrected chi connectivity index (χ2v) is 5.52. The first-order chi connectivity index (χ1) is 9.04. The Hall–Kier alpha value is -1.50. The molecule has 1 nitrogen and oxygen atoms in total. The third kappa shape index (κ3) is 3.99. The summed E-state index contributed by atoms with van der Waals surface area (Å²) in [4.78, 5) is 0. The largest absolute Gasteiger partial charge is 0.394 e. The lowest BCUT2D eigenvalue weighted by molar-refractivity contribution is 0.480. The van der Waals surface area contributed by atoms with Crippen LogP contribution < -0.4 is 5.32 Å². The van der Waals surface area contributed by atoms with Gasteiger partial charge >= 0.3 is 0 Å². The van der Waals surface area contributed by atoms with E-state index in [9.17, 15) is 0 Å². The van der Waals surface area contributed by atoms with Crippen molar-refractivity contribution in [1.82, 2.24) is 5.32 Å². The molecule has 19 heavy (non-hydrogen) atoms. The van der Waals surface area contributed by atoms with E-state index in [1.165, 1.54) is 11.1 Å². The number of hydrogen-bond acceptors (Lipinski definition) is 1. The summed E-state index contributed by atoms with van der Waals surface area (Å²) >= 11 is 0. The maximum atomic E-state index is 3.06. The second kappa shape index (κ2) is 7.18. The highest BCUT2D eigenvalue weighted by Crippen LogP contribution is 2.40. The Morgan fingerprint density at radius 1 is 1.26 bits per heavy atom. The van der Waals surface area contributed by atoms with Gasteiger partial charge in [0.05, 0.1) is 0 Å². The normalized spacial score (nSPS) is 31.1. The van der Waals surface area contributed by atoms with Gasteiger partial charge in [0.25, 0.3) is 0 Å². The lowest BCUT2D eigenvalue weighted by Gasteiger charge is -2.33. The summed E-state index contributed by atoms with van der Waals surface area (Å²) in [6.45, 7) is 9.00. The minimum atomic E-state index is 0.103. The lowest BCUT2D eigenvalue weighted by atomic mass is 9.71. The molecular weight excluding hydrogens is 230 g/mol. The van der Waals surface area contributed by atoms with Gasteiger partial charge in [-0.3, -0.25) is 0 Å². The first kappa shape index (κ1) is 15.6. The van der Waals surface area contributed by atoms with E-state index in [1.54, 1.807) is 0 Å². The summed E-state index contributed by atoms with van der Waals surface area (Å²) in [6, 6.07) is 0. The third-order valence-electron chi connectivity index (χ3n) is 4.00. The standard InChI is InChI=1S/C18H27N/c1-6-17-16(13-10-14-19-5)12-9-7-8-11-15(2)18(17,3)4/h6-12,14,16,19H,13H2,1-5H3/b8-7-,12-9+,14-10+,15-11+,17-6+. The third-order valence-corrected chi connectivity index (χ3v) is 4.00. The maximum absolute atomic E-state index is 3.06. The van der Waals surface area contributed by atoms with Crippen LogP contribution in [0, 0.1) is 11.3 Å².